The summed E-state index contributed by atoms with van der Waals surface area (Å²) >= 11 is 0. The molecule has 0 heterocycles. The van der Waals surface area contributed by atoms with Crippen molar-refractivity contribution in [3.8, 4) is 11.1 Å². The molecule has 3 rings (SSSR count). The van der Waals surface area contributed by atoms with Crippen LogP contribution in [0, 0.1) is 36.0 Å². The van der Waals surface area contributed by atoms with Gasteiger partial charge in [-0.3, -0.25) is 4.72 Å². The molecule has 1 N–H and O–H groups in total. The summed E-state index contributed by atoms with van der Waals surface area (Å²) in [5, 5.41) is 0. The van der Waals surface area contributed by atoms with Gasteiger partial charge in [-0.1, -0.05) is 24.3 Å². The monoisotopic (exact) mass is 413 g/mol. The number of anilines is 1. The fraction of sp³-hybridized carbons (Fsp3) is 0.0526. The van der Waals surface area contributed by atoms with Crippen molar-refractivity contribution in [3.05, 3.63) is 83.2 Å². The Morgan fingerprint density at radius 3 is 2.00 bits per heavy atom. The minimum absolute atomic E-state index is 0.0129. The highest BCUT2D eigenvalue weighted by atomic mass is 32.2. The third kappa shape index (κ3) is 3.45. The topological polar surface area (TPSA) is 46.2 Å². The fourth-order valence-electron chi connectivity index (χ4n) is 2.59. The molecule has 0 aliphatic carbocycles. The second-order valence-corrected chi connectivity index (χ2v) is 7.57. The van der Waals surface area contributed by atoms with Crippen LogP contribution in [0.1, 0.15) is 5.56 Å². The molecule has 0 radical (unpaired) electrons. The summed E-state index contributed by atoms with van der Waals surface area (Å²) in [6, 6.07) is 9.64. The summed E-state index contributed by atoms with van der Waals surface area (Å²) in [7, 11) is -4.45. The predicted octanol–water partition coefficient (Wildman–Crippen LogP) is 5.16. The molecule has 0 unspecified atom stereocenters. The summed E-state index contributed by atoms with van der Waals surface area (Å²) in [6.45, 7) is 1.32. The van der Waals surface area contributed by atoms with E-state index in [1.54, 1.807) is 4.72 Å². The molecule has 0 saturated heterocycles. The number of halogens is 5. The second-order valence-electron chi connectivity index (χ2n) is 5.89. The molecule has 3 aromatic carbocycles. The molecule has 3 aromatic rings. The van der Waals surface area contributed by atoms with E-state index >= 15 is 0 Å². The van der Waals surface area contributed by atoms with Crippen LogP contribution >= 0.6 is 0 Å². The minimum atomic E-state index is -4.45. The molecule has 0 aliphatic heterocycles. The van der Waals surface area contributed by atoms with Crippen LogP contribution in [0.5, 0.6) is 0 Å². The first-order valence-electron chi connectivity index (χ1n) is 7.84. The van der Waals surface area contributed by atoms with Crippen molar-refractivity contribution in [2.45, 2.75) is 11.8 Å². The zero-order valence-electron chi connectivity index (χ0n) is 14.2. The molecule has 0 spiro atoms. The van der Waals surface area contributed by atoms with Crippen LogP contribution in [0.4, 0.5) is 27.6 Å². The van der Waals surface area contributed by atoms with Crippen LogP contribution < -0.4 is 4.72 Å². The van der Waals surface area contributed by atoms with Crippen LogP contribution in [0.3, 0.4) is 0 Å². The van der Waals surface area contributed by atoms with Gasteiger partial charge in [-0.2, -0.15) is 0 Å². The van der Waals surface area contributed by atoms with Crippen molar-refractivity contribution in [3.63, 3.8) is 0 Å². The third-order valence-electron chi connectivity index (χ3n) is 4.00. The Morgan fingerprint density at radius 2 is 1.39 bits per heavy atom. The van der Waals surface area contributed by atoms with Crippen molar-refractivity contribution in [1.29, 1.82) is 0 Å². The number of hydrogen-bond acceptors (Lipinski definition) is 2. The van der Waals surface area contributed by atoms with E-state index in [0.717, 1.165) is 18.2 Å². The first-order valence-corrected chi connectivity index (χ1v) is 9.32. The maximum absolute atomic E-state index is 14.5. The standard InChI is InChI=1S/C19H12F5NO2S/c1-10-9-11(7-8-13(10)20)14-15(21)16(22)17(23)18(24)19(14)25-28(26,27)12-5-3-2-4-6-12/h2-9,25H,1H3. The Bertz CT molecular complexity index is 1160. The van der Waals surface area contributed by atoms with Crippen molar-refractivity contribution in [1.82, 2.24) is 0 Å². The van der Waals surface area contributed by atoms with E-state index < -0.39 is 50.4 Å². The van der Waals surface area contributed by atoms with E-state index in [-0.39, 0.29) is 16.0 Å². The number of benzene rings is 3. The number of sulfonamides is 1. The highest BCUT2D eigenvalue weighted by Gasteiger charge is 2.29. The van der Waals surface area contributed by atoms with Crippen molar-refractivity contribution in [2.24, 2.45) is 0 Å². The first-order chi connectivity index (χ1) is 13.1. The Kier molecular flexibility index (Phi) is 5.12. The molecule has 28 heavy (non-hydrogen) atoms. The van der Waals surface area contributed by atoms with E-state index in [4.69, 9.17) is 0 Å². The molecule has 0 fully saturated rings. The lowest BCUT2D eigenvalue weighted by Gasteiger charge is -2.16. The predicted molar refractivity (Wildman–Crippen MR) is 93.7 cm³/mol. The lowest BCUT2D eigenvalue weighted by Crippen LogP contribution is -2.17. The van der Waals surface area contributed by atoms with Gasteiger partial charge >= 0.3 is 0 Å². The summed E-state index contributed by atoms with van der Waals surface area (Å²) in [6.07, 6.45) is 0. The molecule has 3 nitrogen and oxygen atoms in total. The van der Waals surface area contributed by atoms with E-state index in [9.17, 15) is 30.4 Å². The zero-order valence-corrected chi connectivity index (χ0v) is 15.0. The molecule has 0 bridgehead atoms. The van der Waals surface area contributed by atoms with Crippen LogP contribution in [0.15, 0.2) is 53.4 Å². The van der Waals surface area contributed by atoms with Gasteiger partial charge in [0.05, 0.1) is 10.6 Å². The lowest BCUT2D eigenvalue weighted by atomic mass is 10.00. The van der Waals surface area contributed by atoms with Crippen LogP contribution in [0.2, 0.25) is 0 Å². The van der Waals surface area contributed by atoms with E-state index in [1.165, 1.54) is 37.3 Å². The summed E-state index contributed by atoms with van der Waals surface area (Å²) in [4.78, 5) is -0.305. The van der Waals surface area contributed by atoms with Gasteiger partial charge in [0.2, 0.25) is 0 Å². The van der Waals surface area contributed by atoms with Crippen LogP contribution in [0.25, 0.3) is 11.1 Å². The average molecular weight is 413 g/mol. The highest BCUT2D eigenvalue weighted by Crippen LogP contribution is 2.38. The molecule has 146 valence electrons. The maximum Gasteiger partial charge on any atom is 0.262 e. The van der Waals surface area contributed by atoms with Crippen LogP contribution in [-0.4, -0.2) is 8.42 Å². The molecule has 0 saturated carbocycles. The molecular formula is C19H12F5NO2S. The van der Waals surface area contributed by atoms with Crippen LogP contribution in [-0.2, 0) is 10.0 Å². The van der Waals surface area contributed by atoms with Gasteiger partial charge in [-0.15, -0.1) is 0 Å². The number of rotatable bonds is 4. The summed E-state index contributed by atoms with van der Waals surface area (Å²) < 4.78 is 96.8. The van der Waals surface area contributed by atoms with Gasteiger partial charge in [0.25, 0.3) is 10.0 Å². The molecule has 0 atom stereocenters. The number of hydrogen-bond donors (Lipinski definition) is 1. The normalized spacial score (nSPS) is 11.5. The molecule has 0 amide bonds. The largest absolute Gasteiger partial charge is 0.276 e. The SMILES string of the molecule is Cc1cc(-c2c(F)c(F)c(F)c(F)c2NS(=O)(=O)c2ccccc2)ccc1F. The van der Waals surface area contributed by atoms with Gasteiger partial charge in [-0.05, 0) is 42.3 Å². The van der Waals surface area contributed by atoms with E-state index in [0.29, 0.717) is 0 Å². The Labute approximate surface area is 157 Å². The number of nitrogens with one attached hydrogen (secondary N) is 1. The number of aryl methyl sites for hydroxylation is 1. The molecular weight excluding hydrogens is 401 g/mol. The van der Waals surface area contributed by atoms with Gasteiger partial charge in [0.1, 0.15) is 5.82 Å². The molecule has 0 aromatic heterocycles. The van der Waals surface area contributed by atoms with Crippen molar-refractivity contribution in [2.75, 3.05) is 4.72 Å². The summed E-state index contributed by atoms with van der Waals surface area (Å²) in [5.74, 6) is -8.69. The Morgan fingerprint density at radius 1 is 0.786 bits per heavy atom. The average Bonchev–Trinajstić information content (AvgIpc) is 2.67. The smallest absolute Gasteiger partial charge is 0.262 e. The maximum atomic E-state index is 14.5. The fourth-order valence-corrected chi connectivity index (χ4v) is 3.69. The molecule has 0 aliphatic rings. The van der Waals surface area contributed by atoms with Gasteiger partial charge in [0.15, 0.2) is 23.3 Å². The van der Waals surface area contributed by atoms with Crippen molar-refractivity contribution >= 4 is 15.7 Å². The Balaban J connectivity index is 2.27. The van der Waals surface area contributed by atoms with E-state index in [1.807, 2.05) is 0 Å². The molecule has 9 heteroatoms. The highest BCUT2D eigenvalue weighted by molar-refractivity contribution is 7.92. The summed E-state index contributed by atoms with van der Waals surface area (Å²) in [5.41, 5.74) is -2.22. The lowest BCUT2D eigenvalue weighted by molar-refractivity contribution is 0.413. The third-order valence-corrected chi connectivity index (χ3v) is 5.37. The van der Waals surface area contributed by atoms with E-state index in [2.05, 4.69) is 0 Å². The second kappa shape index (κ2) is 7.23. The first kappa shape index (κ1) is 19.8. The van der Waals surface area contributed by atoms with Gasteiger partial charge in [-0.25, -0.2) is 30.4 Å². The van der Waals surface area contributed by atoms with Crippen molar-refractivity contribution < 1.29 is 30.4 Å². The Hall–Kier alpha value is -2.94. The quantitative estimate of drug-likeness (QED) is 0.365. The zero-order chi connectivity index (χ0) is 20.6. The van der Waals surface area contributed by atoms with Gasteiger partial charge in [0, 0.05) is 5.56 Å². The minimum Gasteiger partial charge on any atom is -0.276 e. The van der Waals surface area contributed by atoms with Gasteiger partial charge < -0.3 is 0 Å².